The summed E-state index contributed by atoms with van der Waals surface area (Å²) < 4.78 is 10.9. The maximum atomic E-state index is 10.6. The molecule has 0 heterocycles. The van der Waals surface area contributed by atoms with Gasteiger partial charge in [-0.05, 0) is 54.6 Å². The van der Waals surface area contributed by atoms with Crippen LogP contribution in [-0.2, 0) is 12.8 Å². The van der Waals surface area contributed by atoms with Crippen molar-refractivity contribution in [2.24, 2.45) is 0 Å². The molecule has 2 aromatic rings. The lowest BCUT2D eigenvalue weighted by molar-refractivity contribution is 0.0850. The highest BCUT2D eigenvalue weighted by Crippen LogP contribution is 2.35. The first kappa shape index (κ1) is 21.5. The highest BCUT2D eigenvalue weighted by atomic mass is 35.5. The molecule has 1 aliphatic carbocycles. The van der Waals surface area contributed by atoms with Gasteiger partial charge in [-0.1, -0.05) is 37.3 Å². The summed E-state index contributed by atoms with van der Waals surface area (Å²) in [7, 11) is 3.36. The maximum Gasteiger partial charge on any atom is 0.161 e. The largest absolute Gasteiger partial charge is 0.493 e. The highest BCUT2D eigenvalue weighted by Gasteiger charge is 2.26. The van der Waals surface area contributed by atoms with Gasteiger partial charge in [-0.2, -0.15) is 0 Å². The van der Waals surface area contributed by atoms with Crippen LogP contribution in [0.1, 0.15) is 36.1 Å². The first-order valence-electron chi connectivity index (χ1n) is 9.37. The van der Waals surface area contributed by atoms with Crippen molar-refractivity contribution in [2.75, 3.05) is 27.3 Å². The summed E-state index contributed by atoms with van der Waals surface area (Å²) in [6, 6.07) is 14.6. The fourth-order valence-corrected chi connectivity index (χ4v) is 3.91. The summed E-state index contributed by atoms with van der Waals surface area (Å²) in [6.45, 7) is 3.76. The number of benzene rings is 2. The number of nitrogens with zero attached hydrogens (tertiary/aromatic N) is 1. The smallest absolute Gasteiger partial charge is 0.161 e. The summed E-state index contributed by atoms with van der Waals surface area (Å²) in [5.74, 6) is 1.59. The number of halogens is 1. The molecule has 2 unspecified atom stereocenters. The van der Waals surface area contributed by atoms with Gasteiger partial charge in [0.05, 0.1) is 20.3 Å². The third kappa shape index (κ3) is 4.95. The normalized spacial score (nSPS) is 17.0. The molecular formula is C22H30ClNO3. The Morgan fingerprint density at radius 3 is 2.30 bits per heavy atom. The predicted octanol–water partition coefficient (Wildman–Crippen LogP) is 4.04. The molecule has 1 N–H and O–H groups in total. The van der Waals surface area contributed by atoms with Crippen LogP contribution >= 0.6 is 12.4 Å². The standard InChI is InChI=1S/C22H29NO3.ClH/c1-4-23(15-20(24)16-8-6-5-7-9-16)19-11-10-17-13-21(25-2)22(26-3)14-18(17)12-19;/h5-9,13-14,19-20,24H,4,10-12,15H2,1-3H3;1H. The number of fused-ring (bicyclic) bond motifs is 1. The lowest BCUT2D eigenvalue weighted by Crippen LogP contribution is -2.41. The van der Waals surface area contributed by atoms with Crippen LogP contribution in [0.15, 0.2) is 42.5 Å². The molecule has 3 rings (SSSR count). The van der Waals surface area contributed by atoms with Crippen molar-refractivity contribution in [3.05, 3.63) is 59.2 Å². The van der Waals surface area contributed by atoms with Gasteiger partial charge in [0.15, 0.2) is 11.5 Å². The molecular weight excluding hydrogens is 362 g/mol. The topological polar surface area (TPSA) is 41.9 Å². The van der Waals surface area contributed by atoms with Crippen LogP contribution < -0.4 is 9.47 Å². The SMILES string of the molecule is CCN(CC(O)c1ccccc1)C1CCc2cc(OC)c(OC)cc2C1.Cl. The van der Waals surface area contributed by atoms with Crippen molar-refractivity contribution in [3.8, 4) is 11.5 Å². The molecule has 0 radical (unpaired) electrons. The summed E-state index contributed by atoms with van der Waals surface area (Å²) in [5.41, 5.74) is 3.65. The van der Waals surface area contributed by atoms with Crippen LogP contribution in [0.3, 0.4) is 0 Å². The average Bonchev–Trinajstić information content (AvgIpc) is 2.70. The van der Waals surface area contributed by atoms with E-state index in [1.807, 2.05) is 30.3 Å². The molecule has 5 heteroatoms. The van der Waals surface area contributed by atoms with Crippen LogP contribution in [0.25, 0.3) is 0 Å². The molecule has 2 atom stereocenters. The summed E-state index contributed by atoms with van der Waals surface area (Å²) in [5, 5.41) is 10.6. The third-order valence-electron chi connectivity index (χ3n) is 5.42. The van der Waals surface area contributed by atoms with Crippen LogP contribution in [0.2, 0.25) is 0 Å². The van der Waals surface area contributed by atoms with Crippen LogP contribution in [0, 0.1) is 0 Å². The van der Waals surface area contributed by atoms with E-state index < -0.39 is 6.10 Å². The Hall–Kier alpha value is -1.75. The summed E-state index contributed by atoms with van der Waals surface area (Å²) in [6.07, 6.45) is 2.64. The van der Waals surface area contributed by atoms with Gasteiger partial charge in [0.2, 0.25) is 0 Å². The predicted molar refractivity (Wildman–Crippen MR) is 111 cm³/mol. The van der Waals surface area contributed by atoms with Crippen LogP contribution in [-0.4, -0.2) is 43.4 Å². The minimum Gasteiger partial charge on any atom is -0.493 e. The number of ether oxygens (including phenoxy) is 2. The van der Waals surface area contributed by atoms with E-state index in [2.05, 4.69) is 24.0 Å². The van der Waals surface area contributed by atoms with E-state index in [0.29, 0.717) is 12.6 Å². The Balaban J connectivity index is 0.00000261. The lowest BCUT2D eigenvalue weighted by Gasteiger charge is -2.36. The second kappa shape index (κ2) is 9.98. The first-order valence-corrected chi connectivity index (χ1v) is 9.37. The molecule has 0 aliphatic heterocycles. The maximum absolute atomic E-state index is 10.6. The summed E-state index contributed by atoms with van der Waals surface area (Å²) in [4.78, 5) is 2.40. The zero-order valence-corrected chi connectivity index (χ0v) is 17.2. The quantitative estimate of drug-likeness (QED) is 0.773. The number of hydrogen-bond donors (Lipinski definition) is 1. The number of likely N-dealkylation sites (N-methyl/N-ethyl adjacent to an activating group) is 1. The number of aliphatic hydroxyl groups is 1. The zero-order valence-electron chi connectivity index (χ0n) is 16.4. The Bertz CT molecular complexity index is 723. The lowest BCUT2D eigenvalue weighted by atomic mass is 9.86. The molecule has 0 bridgehead atoms. The number of aryl methyl sites for hydroxylation is 1. The highest BCUT2D eigenvalue weighted by molar-refractivity contribution is 5.85. The van der Waals surface area contributed by atoms with Gasteiger partial charge in [-0.25, -0.2) is 0 Å². The number of aliphatic hydroxyl groups excluding tert-OH is 1. The monoisotopic (exact) mass is 391 g/mol. The van der Waals surface area contributed by atoms with E-state index >= 15 is 0 Å². The molecule has 0 saturated heterocycles. The Labute approximate surface area is 168 Å². The van der Waals surface area contributed by atoms with Crippen molar-refractivity contribution in [1.82, 2.24) is 4.90 Å². The van der Waals surface area contributed by atoms with E-state index in [1.165, 1.54) is 11.1 Å². The molecule has 2 aromatic carbocycles. The van der Waals surface area contributed by atoms with Crippen molar-refractivity contribution < 1.29 is 14.6 Å². The Kier molecular flexibility index (Phi) is 7.96. The van der Waals surface area contributed by atoms with Gasteiger partial charge in [0, 0.05) is 12.6 Å². The van der Waals surface area contributed by atoms with Crippen LogP contribution in [0.5, 0.6) is 11.5 Å². The number of methoxy groups -OCH3 is 2. The van der Waals surface area contributed by atoms with Gasteiger partial charge in [-0.3, -0.25) is 4.90 Å². The molecule has 148 valence electrons. The van der Waals surface area contributed by atoms with Gasteiger partial charge in [0.25, 0.3) is 0 Å². The van der Waals surface area contributed by atoms with Crippen molar-refractivity contribution in [1.29, 1.82) is 0 Å². The Morgan fingerprint density at radius 2 is 1.70 bits per heavy atom. The zero-order chi connectivity index (χ0) is 18.5. The molecule has 0 saturated carbocycles. The minimum atomic E-state index is -0.456. The van der Waals surface area contributed by atoms with Crippen molar-refractivity contribution in [2.45, 2.75) is 38.3 Å². The van der Waals surface area contributed by atoms with Gasteiger partial charge in [-0.15, -0.1) is 12.4 Å². The summed E-state index contributed by atoms with van der Waals surface area (Å²) >= 11 is 0. The molecule has 0 fully saturated rings. The third-order valence-corrected chi connectivity index (χ3v) is 5.42. The van der Waals surface area contributed by atoms with Gasteiger partial charge >= 0.3 is 0 Å². The fourth-order valence-electron chi connectivity index (χ4n) is 3.91. The average molecular weight is 392 g/mol. The number of rotatable bonds is 7. The fraction of sp³-hybridized carbons (Fsp3) is 0.455. The van der Waals surface area contributed by atoms with E-state index in [0.717, 1.165) is 42.9 Å². The molecule has 0 spiro atoms. The van der Waals surface area contributed by atoms with Gasteiger partial charge in [0.1, 0.15) is 0 Å². The second-order valence-electron chi connectivity index (χ2n) is 6.89. The second-order valence-corrected chi connectivity index (χ2v) is 6.89. The molecule has 4 nitrogen and oxygen atoms in total. The number of hydrogen-bond acceptors (Lipinski definition) is 4. The van der Waals surface area contributed by atoms with E-state index in [1.54, 1.807) is 14.2 Å². The van der Waals surface area contributed by atoms with Gasteiger partial charge < -0.3 is 14.6 Å². The van der Waals surface area contributed by atoms with Crippen molar-refractivity contribution >= 4 is 12.4 Å². The molecule has 1 aliphatic rings. The van der Waals surface area contributed by atoms with E-state index in [4.69, 9.17) is 9.47 Å². The molecule has 0 aromatic heterocycles. The first-order chi connectivity index (χ1) is 12.7. The Morgan fingerprint density at radius 1 is 1.07 bits per heavy atom. The molecule has 0 amide bonds. The van der Waals surface area contributed by atoms with E-state index in [-0.39, 0.29) is 12.4 Å². The molecule has 27 heavy (non-hydrogen) atoms. The van der Waals surface area contributed by atoms with Crippen LogP contribution in [0.4, 0.5) is 0 Å². The minimum absolute atomic E-state index is 0. The van der Waals surface area contributed by atoms with Crippen molar-refractivity contribution in [3.63, 3.8) is 0 Å². The van der Waals surface area contributed by atoms with E-state index in [9.17, 15) is 5.11 Å².